The molecule has 1 fully saturated rings. The van der Waals surface area contributed by atoms with E-state index in [1.807, 2.05) is 0 Å². The molecular formula is C15H19F2N. The van der Waals surface area contributed by atoms with Crippen LogP contribution in [-0.4, -0.2) is 6.54 Å². The van der Waals surface area contributed by atoms with E-state index >= 15 is 0 Å². The Kier molecular flexibility index (Phi) is 4.48. The van der Waals surface area contributed by atoms with Gasteiger partial charge in [0.05, 0.1) is 0 Å². The van der Waals surface area contributed by atoms with Crippen LogP contribution < -0.4 is 5.73 Å². The van der Waals surface area contributed by atoms with Crippen LogP contribution >= 0.6 is 0 Å². The number of nitrogens with two attached hydrogens (primary N) is 1. The third-order valence-electron chi connectivity index (χ3n) is 3.66. The smallest absolute Gasteiger partial charge is 0.130 e. The molecule has 0 saturated heterocycles. The number of benzene rings is 1. The standard InChI is InChI=1S/C15H19F2N/c16-14-6-7-15(17)12(9-14)8-13(10-18)11-4-2-1-3-5-11/h6-9,11H,1-5,10,18H2. The second kappa shape index (κ2) is 6.10. The zero-order chi connectivity index (χ0) is 13.0. The van der Waals surface area contributed by atoms with Gasteiger partial charge in [-0.05, 0) is 37.0 Å². The highest BCUT2D eigenvalue weighted by molar-refractivity contribution is 5.54. The molecule has 18 heavy (non-hydrogen) atoms. The predicted octanol–water partition coefficient (Wildman–Crippen LogP) is 3.89. The van der Waals surface area contributed by atoms with Gasteiger partial charge in [-0.2, -0.15) is 0 Å². The summed E-state index contributed by atoms with van der Waals surface area (Å²) in [6.07, 6.45) is 7.62. The molecule has 0 unspecified atom stereocenters. The number of hydrogen-bond donors (Lipinski definition) is 1. The lowest BCUT2D eigenvalue weighted by Gasteiger charge is -2.24. The zero-order valence-corrected chi connectivity index (χ0v) is 10.5. The summed E-state index contributed by atoms with van der Waals surface area (Å²) in [6, 6.07) is 3.53. The van der Waals surface area contributed by atoms with Gasteiger partial charge in [-0.15, -0.1) is 0 Å². The molecule has 3 heteroatoms. The van der Waals surface area contributed by atoms with Gasteiger partial charge in [-0.25, -0.2) is 8.78 Å². The summed E-state index contributed by atoms with van der Waals surface area (Å²) in [5.74, 6) is -0.368. The molecule has 0 bridgehead atoms. The van der Waals surface area contributed by atoms with Crippen molar-refractivity contribution in [2.45, 2.75) is 32.1 Å². The van der Waals surface area contributed by atoms with Crippen molar-refractivity contribution in [1.29, 1.82) is 0 Å². The van der Waals surface area contributed by atoms with E-state index in [0.717, 1.165) is 30.5 Å². The van der Waals surface area contributed by atoms with Crippen molar-refractivity contribution in [3.05, 3.63) is 41.0 Å². The molecule has 0 spiro atoms. The molecule has 1 aromatic rings. The molecule has 0 radical (unpaired) electrons. The third-order valence-corrected chi connectivity index (χ3v) is 3.66. The molecule has 1 nitrogen and oxygen atoms in total. The Hall–Kier alpha value is -1.22. The zero-order valence-electron chi connectivity index (χ0n) is 10.5. The van der Waals surface area contributed by atoms with Gasteiger partial charge < -0.3 is 5.73 Å². The highest BCUT2D eigenvalue weighted by atomic mass is 19.1. The first-order chi connectivity index (χ1) is 8.70. The highest BCUT2D eigenvalue weighted by Crippen LogP contribution is 2.30. The Morgan fingerprint density at radius 2 is 1.94 bits per heavy atom. The van der Waals surface area contributed by atoms with Crippen LogP contribution in [0.2, 0.25) is 0 Å². The molecule has 1 saturated carbocycles. The van der Waals surface area contributed by atoms with E-state index in [-0.39, 0.29) is 0 Å². The Balaban J connectivity index is 2.24. The molecule has 0 aliphatic heterocycles. The van der Waals surface area contributed by atoms with Crippen molar-refractivity contribution in [2.75, 3.05) is 6.54 Å². The minimum atomic E-state index is -0.414. The Morgan fingerprint density at radius 1 is 1.22 bits per heavy atom. The van der Waals surface area contributed by atoms with E-state index in [1.165, 1.54) is 25.3 Å². The van der Waals surface area contributed by atoms with Crippen LogP contribution in [0, 0.1) is 17.6 Å². The average molecular weight is 251 g/mol. The lowest BCUT2D eigenvalue weighted by molar-refractivity contribution is 0.401. The lowest BCUT2D eigenvalue weighted by atomic mass is 9.83. The molecule has 1 aromatic carbocycles. The van der Waals surface area contributed by atoms with Gasteiger partial charge in [0.2, 0.25) is 0 Å². The van der Waals surface area contributed by atoms with E-state index in [4.69, 9.17) is 5.73 Å². The molecule has 0 heterocycles. The molecule has 1 aliphatic rings. The van der Waals surface area contributed by atoms with Crippen molar-refractivity contribution in [3.8, 4) is 0 Å². The maximum absolute atomic E-state index is 13.6. The molecule has 1 aliphatic carbocycles. The fourth-order valence-corrected chi connectivity index (χ4v) is 2.64. The van der Waals surface area contributed by atoms with Gasteiger partial charge in [0.15, 0.2) is 0 Å². The van der Waals surface area contributed by atoms with Crippen molar-refractivity contribution in [2.24, 2.45) is 11.7 Å². The SMILES string of the molecule is NCC(=Cc1cc(F)ccc1F)C1CCCCC1. The van der Waals surface area contributed by atoms with Crippen LogP contribution in [0.25, 0.3) is 6.08 Å². The molecule has 2 N–H and O–H groups in total. The summed E-state index contributed by atoms with van der Waals surface area (Å²) < 4.78 is 26.7. The van der Waals surface area contributed by atoms with Crippen LogP contribution in [0.3, 0.4) is 0 Å². The predicted molar refractivity (Wildman–Crippen MR) is 70.0 cm³/mol. The minimum Gasteiger partial charge on any atom is -0.327 e. The van der Waals surface area contributed by atoms with Crippen LogP contribution in [-0.2, 0) is 0 Å². The maximum Gasteiger partial charge on any atom is 0.130 e. The number of rotatable bonds is 3. The van der Waals surface area contributed by atoms with Crippen LogP contribution in [0.4, 0.5) is 8.78 Å². The maximum atomic E-state index is 13.6. The largest absolute Gasteiger partial charge is 0.327 e. The minimum absolute atomic E-state index is 0.307. The van der Waals surface area contributed by atoms with Gasteiger partial charge in [0, 0.05) is 12.1 Å². The first-order valence-corrected chi connectivity index (χ1v) is 6.56. The average Bonchev–Trinajstić information content (AvgIpc) is 2.41. The molecular weight excluding hydrogens is 232 g/mol. The van der Waals surface area contributed by atoms with Crippen LogP contribution in [0.15, 0.2) is 23.8 Å². The van der Waals surface area contributed by atoms with Crippen molar-refractivity contribution >= 4 is 6.08 Å². The van der Waals surface area contributed by atoms with Gasteiger partial charge in [0.1, 0.15) is 11.6 Å². The summed E-state index contributed by atoms with van der Waals surface area (Å²) >= 11 is 0. The summed E-state index contributed by atoms with van der Waals surface area (Å²) in [5, 5.41) is 0. The van der Waals surface area contributed by atoms with Gasteiger partial charge in [-0.3, -0.25) is 0 Å². The van der Waals surface area contributed by atoms with E-state index < -0.39 is 11.6 Å². The highest BCUT2D eigenvalue weighted by Gasteiger charge is 2.17. The van der Waals surface area contributed by atoms with Crippen molar-refractivity contribution in [3.63, 3.8) is 0 Å². The summed E-state index contributed by atoms with van der Waals surface area (Å²) in [7, 11) is 0. The summed E-state index contributed by atoms with van der Waals surface area (Å²) in [6.45, 7) is 0.417. The van der Waals surface area contributed by atoms with E-state index in [0.29, 0.717) is 18.0 Å². The van der Waals surface area contributed by atoms with Crippen molar-refractivity contribution < 1.29 is 8.78 Å². The van der Waals surface area contributed by atoms with Gasteiger partial charge in [0.25, 0.3) is 0 Å². The fourth-order valence-electron chi connectivity index (χ4n) is 2.64. The van der Waals surface area contributed by atoms with Gasteiger partial charge in [-0.1, -0.05) is 30.9 Å². The topological polar surface area (TPSA) is 26.0 Å². The summed E-state index contributed by atoms with van der Waals surface area (Å²) in [5.41, 5.74) is 7.10. The van der Waals surface area contributed by atoms with Crippen LogP contribution in [0.5, 0.6) is 0 Å². The first kappa shape index (κ1) is 13.2. The van der Waals surface area contributed by atoms with Gasteiger partial charge >= 0.3 is 0 Å². The lowest BCUT2D eigenvalue weighted by Crippen LogP contribution is -2.16. The molecule has 2 rings (SSSR count). The Bertz CT molecular complexity index is 434. The number of hydrogen-bond acceptors (Lipinski definition) is 1. The quantitative estimate of drug-likeness (QED) is 0.866. The van der Waals surface area contributed by atoms with E-state index in [9.17, 15) is 8.78 Å². The molecule has 0 amide bonds. The monoisotopic (exact) mass is 251 g/mol. The second-order valence-corrected chi connectivity index (χ2v) is 4.92. The van der Waals surface area contributed by atoms with Crippen LogP contribution in [0.1, 0.15) is 37.7 Å². The second-order valence-electron chi connectivity index (χ2n) is 4.92. The van der Waals surface area contributed by atoms with E-state index in [1.54, 1.807) is 6.08 Å². The van der Waals surface area contributed by atoms with Crippen molar-refractivity contribution in [1.82, 2.24) is 0 Å². The Morgan fingerprint density at radius 3 is 2.61 bits per heavy atom. The Labute approximate surface area is 107 Å². The first-order valence-electron chi connectivity index (χ1n) is 6.56. The molecule has 0 atom stereocenters. The third kappa shape index (κ3) is 3.16. The molecule has 0 aromatic heterocycles. The number of halogens is 2. The summed E-state index contributed by atoms with van der Waals surface area (Å²) in [4.78, 5) is 0. The normalized spacial score (nSPS) is 18.1. The fraction of sp³-hybridized carbons (Fsp3) is 0.467. The molecule has 98 valence electrons. The van der Waals surface area contributed by atoms with E-state index in [2.05, 4.69) is 0 Å².